The number of nitrogens with one attached hydrogen (secondary N) is 1. The Balaban J connectivity index is 2.81. The van der Waals surface area contributed by atoms with E-state index in [0.717, 1.165) is 0 Å². The van der Waals surface area contributed by atoms with Gasteiger partial charge < -0.3 is 4.74 Å². The molecule has 0 aliphatic rings. The molecule has 106 valence electrons. The monoisotopic (exact) mass is 389 g/mol. The molecule has 0 amide bonds. The summed E-state index contributed by atoms with van der Waals surface area (Å²) in [7, 11) is -2.60. The number of methoxy groups -OCH3 is 1. The quantitative estimate of drug-likeness (QED) is 0.617. The van der Waals surface area contributed by atoms with Gasteiger partial charge in [0.1, 0.15) is 5.38 Å². The third-order valence-corrected chi connectivity index (χ3v) is 5.08. The van der Waals surface area contributed by atoms with E-state index in [2.05, 4.69) is 25.4 Å². The third kappa shape index (κ3) is 4.61. The summed E-state index contributed by atoms with van der Waals surface area (Å²) >= 11 is 14.6. The molecule has 0 saturated carbocycles. The van der Waals surface area contributed by atoms with Crippen LogP contribution < -0.4 is 4.72 Å². The maximum absolute atomic E-state index is 11.9. The Kier molecular flexibility index (Phi) is 6.07. The van der Waals surface area contributed by atoms with E-state index in [4.69, 9.17) is 23.2 Å². The van der Waals surface area contributed by atoms with Crippen molar-refractivity contribution in [1.29, 1.82) is 0 Å². The molecule has 19 heavy (non-hydrogen) atoms. The lowest BCUT2D eigenvalue weighted by Gasteiger charge is -2.10. The number of hydrogen-bond donors (Lipinski definition) is 1. The molecule has 0 radical (unpaired) electrons. The zero-order valence-corrected chi connectivity index (χ0v) is 13.6. The normalized spacial score (nSPS) is 13.1. The van der Waals surface area contributed by atoms with Gasteiger partial charge in [-0.05, 0) is 34.1 Å². The van der Waals surface area contributed by atoms with E-state index in [1.807, 2.05) is 0 Å². The highest BCUT2D eigenvalue weighted by atomic mass is 79.9. The fourth-order valence-electron chi connectivity index (χ4n) is 1.12. The smallest absolute Gasteiger partial charge is 0.325 e. The molecule has 0 spiro atoms. The van der Waals surface area contributed by atoms with Crippen LogP contribution in [0.4, 0.5) is 0 Å². The summed E-state index contributed by atoms with van der Waals surface area (Å²) < 4.78 is 30.9. The van der Waals surface area contributed by atoms with Crippen LogP contribution in [0.1, 0.15) is 0 Å². The molecule has 1 aromatic carbocycles. The first-order chi connectivity index (χ1) is 8.77. The number of carbonyl (C=O) groups excluding carboxylic acids is 1. The fraction of sp³-hybridized carbons (Fsp3) is 0.300. The number of benzene rings is 1. The Morgan fingerprint density at radius 3 is 2.68 bits per heavy atom. The van der Waals surface area contributed by atoms with Gasteiger partial charge in [0.2, 0.25) is 10.0 Å². The second kappa shape index (κ2) is 6.90. The van der Waals surface area contributed by atoms with Crippen LogP contribution >= 0.6 is 39.1 Å². The van der Waals surface area contributed by atoms with Crippen LogP contribution in [0.15, 0.2) is 27.6 Å². The van der Waals surface area contributed by atoms with Crippen LogP contribution in [-0.2, 0) is 19.6 Å². The molecule has 0 saturated heterocycles. The van der Waals surface area contributed by atoms with Crippen LogP contribution in [0.2, 0.25) is 5.02 Å². The molecule has 1 aromatic rings. The number of rotatable bonds is 5. The maximum Gasteiger partial charge on any atom is 0.325 e. The molecule has 5 nitrogen and oxygen atoms in total. The average Bonchev–Trinajstić information content (AvgIpc) is 2.38. The minimum absolute atomic E-state index is 0.0116. The summed E-state index contributed by atoms with van der Waals surface area (Å²) in [4.78, 5) is 11.1. The Morgan fingerprint density at radius 1 is 1.53 bits per heavy atom. The number of sulfonamides is 1. The molecular formula is C10H10BrCl2NO4S. The minimum atomic E-state index is -3.77. The second-order valence-electron chi connectivity index (χ2n) is 3.42. The molecule has 1 unspecified atom stereocenters. The van der Waals surface area contributed by atoms with Gasteiger partial charge in [-0.3, -0.25) is 4.79 Å². The van der Waals surface area contributed by atoms with Crippen molar-refractivity contribution in [3.05, 3.63) is 27.7 Å². The predicted octanol–water partition coefficient (Wildman–Crippen LogP) is 2.16. The van der Waals surface area contributed by atoms with Crippen LogP contribution in [0, 0.1) is 0 Å². The van der Waals surface area contributed by atoms with Crippen molar-refractivity contribution in [1.82, 2.24) is 4.72 Å². The van der Waals surface area contributed by atoms with Gasteiger partial charge in [0.25, 0.3) is 0 Å². The average molecular weight is 391 g/mol. The van der Waals surface area contributed by atoms with Crippen molar-refractivity contribution >= 4 is 55.1 Å². The molecule has 1 rings (SSSR count). The number of carbonyl (C=O) groups is 1. The summed E-state index contributed by atoms with van der Waals surface area (Å²) in [6, 6.07) is 4.14. The number of hydrogen-bond acceptors (Lipinski definition) is 4. The Morgan fingerprint density at radius 2 is 2.16 bits per heavy atom. The van der Waals surface area contributed by atoms with E-state index in [9.17, 15) is 13.2 Å². The largest absolute Gasteiger partial charge is 0.468 e. The maximum atomic E-state index is 11.9. The molecule has 9 heteroatoms. The van der Waals surface area contributed by atoms with E-state index < -0.39 is 21.4 Å². The summed E-state index contributed by atoms with van der Waals surface area (Å²) in [5, 5.41) is -0.695. The molecule has 0 aromatic heterocycles. The van der Waals surface area contributed by atoms with Crippen LogP contribution in [0.3, 0.4) is 0 Å². The number of ether oxygens (including phenoxy) is 1. The van der Waals surface area contributed by atoms with E-state index in [1.165, 1.54) is 25.3 Å². The number of esters is 1. The Hall–Kier alpha value is -0.340. The second-order valence-corrected chi connectivity index (χ2v) is 6.97. The Bertz CT molecular complexity index is 579. The van der Waals surface area contributed by atoms with Crippen molar-refractivity contribution < 1.29 is 17.9 Å². The number of alkyl halides is 1. The molecule has 0 aliphatic heterocycles. The number of halogens is 3. The topological polar surface area (TPSA) is 72.5 Å². The van der Waals surface area contributed by atoms with Crippen LogP contribution in [0.25, 0.3) is 0 Å². The first kappa shape index (κ1) is 16.7. The summed E-state index contributed by atoms with van der Waals surface area (Å²) in [5.41, 5.74) is 0. The molecular weight excluding hydrogens is 381 g/mol. The zero-order valence-electron chi connectivity index (χ0n) is 9.69. The first-order valence-corrected chi connectivity index (χ1v) is 8.03. The van der Waals surface area contributed by atoms with E-state index in [1.54, 1.807) is 0 Å². The van der Waals surface area contributed by atoms with Gasteiger partial charge >= 0.3 is 5.97 Å². The van der Waals surface area contributed by atoms with Crippen LogP contribution in [-0.4, -0.2) is 33.4 Å². The highest BCUT2D eigenvalue weighted by Gasteiger charge is 2.21. The van der Waals surface area contributed by atoms with Gasteiger partial charge in [-0.2, -0.15) is 0 Å². The summed E-state index contributed by atoms with van der Waals surface area (Å²) in [5.74, 6) is -0.707. The molecule has 0 fully saturated rings. The van der Waals surface area contributed by atoms with E-state index >= 15 is 0 Å². The van der Waals surface area contributed by atoms with Crippen molar-refractivity contribution in [2.45, 2.75) is 10.3 Å². The van der Waals surface area contributed by atoms with Crippen molar-refractivity contribution in [2.24, 2.45) is 0 Å². The van der Waals surface area contributed by atoms with Gasteiger partial charge in [-0.1, -0.05) is 11.6 Å². The van der Waals surface area contributed by atoms with Gasteiger partial charge in [-0.25, -0.2) is 13.1 Å². The van der Waals surface area contributed by atoms with Crippen LogP contribution in [0.5, 0.6) is 0 Å². The molecule has 0 heterocycles. The van der Waals surface area contributed by atoms with Crippen molar-refractivity contribution in [3.8, 4) is 0 Å². The molecule has 0 bridgehead atoms. The zero-order chi connectivity index (χ0) is 14.6. The highest BCUT2D eigenvalue weighted by Crippen LogP contribution is 2.25. The molecule has 1 atom stereocenters. The van der Waals surface area contributed by atoms with Gasteiger partial charge in [0.05, 0.1) is 17.0 Å². The van der Waals surface area contributed by atoms with Gasteiger partial charge in [-0.15, -0.1) is 11.6 Å². The SMILES string of the molecule is COC(=O)C(Cl)CNS(=O)(=O)c1ccc(Cl)c(Br)c1. The minimum Gasteiger partial charge on any atom is -0.468 e. The van der Waals surface area contributed by atoms with Gasteiger partial charge in [0.15, 0.2) is 0 Å². The highest BCUT2D eigenvalue weighted by molar-refractivity contribution is 9.10. The molecule has 0 aliphatic carbocycles. The summed E-state index contributed by atoms with van der Waals surface area (Å²) in [6.07, 6.45) is 0. The Labute approximate surface area is 129 Å². The van der Waals surface area contributed by atoms with Gasteiger partial charge in [0, 0.05) is 11.0 Å². The lowest BCUT2D eigenvalue weighted by atomic mass is 10.4. The lowest BCUT2D eigenvalue weighted by Crippen LogP contribution is -2.34. The molecule has 1 N–H and O–H groups in total. The van der Waals surface area contributed by atoms with Crippen molar-refractivity contribution in [2.75, 3.05) is 13.7 Å². The third-order valence-electron chi connectivity index (χ3n) is 2.11. The fourth-order valence-corrected chi connectivity index (χ4v) is 3.10. The lowest BCUT2D eigenvalue weighted by molar-refractivity contribution is -0.140. The standard InChI is InChI=1S/C10H10BrCl2NO4S/c1-18-10(15)9(13)5-14-19(16,17)6-2-3-8(12)7(11)4-6/h2-4,9,14H,5H2,1H3. The summed E-state index contributed by atoms with van der Waals surface area (Å²) in [6.45, 7) is -0.267. The van der Waals surface area contributed by atoms with E-state index in [-0.39, 0.29) is 11.4 Å². The predicted molar refractivity (Wildman–Crippen MR) is 76.0 cm³/mol. The van der Waals surface area contributed by atoms with E-state index in [0.29, 0.717) is 9.50 Å². The first-order valence-electron chi connectivity index (χ1n) is 4.94. The van der Waals surface area contributed by atoms with Crippen molar-refractivity contribution in [3.63, 3.8) is 0 Å².